The normalized spacial score (nSPS) is 18.4. The van der Waals surface area contributed by atoms with Crippen molar-refractivity contribution in [3.63, 3.8) is 0 Å². The number of thioether (sulfide) groups is 1. The lowest BCUT2D eigenvalue weighted by atomic mass is 9.74. The van der Waals surface area contributed by atoms with Crippen molar-refractivity contribution in [2.75, 3.05) is 5.32 Å². The number of nitrogens with one attached hydrogen (secondary N) is 1. The molecule has 1 atom stereocenters. The van der Waals surface area contributed by atoms with Gasteiger partial charge in [-0.25, -0.2) is 4.79 Å². The minimum atomic E-state index is -0.613. The van der Waals surface area contributed by atoms with E-state index in [1.165, 1.54) is 24.3 Å². The third-order valence-corrected chi connectivity index (χ3v) is 7.64. The molecule has 0 spiro atoms. The second kappa shape index (κ2) is 9.28. The number of allylic oxidation sites excluding steroid dienone is 1. The summed E-state index contributed by atoms with van der Waals surface area (Å²) in [6.45, 7) is 4.21. The van der Waals surface area contributed by atoms with Crippen LogP contribution in [0.3, 0.4) is 0 Å². The highest BCUT2D eigenvalue weighted by Crippen LogP contribution is 2.52. The van der Waals surface area contributed by atoms with Crippen LogP contribution in [-0.4, -0.2) is 16.7 Å². The van der Waals surface area contributed by atoms with E-state index in [0.717, 1.165) is 33.8 Å². The number of esters is 1. The number of nitrogens with zero attached hydrogens (tertiary/aromatic N) is 1. The third kappa shape index (κ3) is 4.77. The molecule has 0 unspecified atom stereocenters. The van der Waals surface area contributed by atoms with Gasteiger partial charge in [0.25, 0.3) is 5.69 Å². The Kier molecular flexibility index (Phi) is 6.14. The summed E-state index contributed by atoms with van der Waals surface area (Å²) >= 11 is 1.60. The lowest BCUT2D eigenvalue weighted by Crippen LogP contribution is -2.29. The van der Waals surface area contributed by atoms with Crippen LogP contribution in [0.15, 0.2) is 89.0 Å². The Hall–Kier alpha value is -3.91. The van der Waals surface area contributed by atoms with Gasteiger partial charge in [-0.15, -0.1) is 11.8 Å². The van der Waals surface area contributed by atoms with Crippen LogP contribution in [0.2, 0.25) is 0 Å². The first-order valence-corrected chi connectivity index (χ1v) is 12.4. The number of nitro benzene ring substituents is 1. The molecule has 3 aromatic rings. The molecule has 0 saturated heterocycles. The third-order valence-electron chi connectivity index (χ3n) is 6.28. The Labute approximate surface area is 212 Å². The zero-order valence-electron chi connectivity index (χ0n) is 19.8. The van der Waals surface area contributed by atoms with Gasteiger partial charge in [0.1, 0.15) is 5.75 Å². The molecular formula is C28H24N2O5S. The molecule has 2 aliphatic rings. The van der Waals surface area contributed by atoms with Gasteiger partial charge in [-0.1, -0.05) is 38.1 Å². The molecule has 1 N–H and O–H groups in total. The average Bonchev–Trinajstić information content (AvgIpc) is 3.00. The Morgan fingerprint density at radius 2 is 1.81 bits per heavy atom. The fraction of sp³-hybridized carbons (Fsp3) is 0.214. The summed E-state index contributed by atoms with van der Waals surface area (Å²) in [6, 6.07) is 20.5. The molecule has 1 aliphatic heterocycles. The lowest BCUT2D eigenvalue weighted by Gasteiger charge is -2.34. The van der Waals surface area contributed by atoms with Crippen LogP contribution in [0.4, 0.5) is 11.4 Å². The van der Waals surface area contributed by atoms with Gasteiger partial charge in [-0.05, 0) is 53.8 Å². The van der Waals surface area contributed by atoms with Gasteiger partial charge in [0.05, 0.1) is 21.4 Å². The molecule has 36 heavy (non-hydrogen) atoms. The van der Waals surface area contributed by atoms with Crippen molar-refractivity contribution >= 4 is 34.9 Å². The molecule has 182 valence electrons. The van der Waals surface area contributed by atoms with Gasteiger partial charge in [0, 0.05) is 34.7 Å². The number of benzene rings is 3. The molecule has 0 aromatic heterocycles. The Bertz CT molecular complexity index is 1410. The summed E-state index contributed by atoms with van der Waals surface area (Å²) in [5, 5.41) is 14.1. The van der Waals surface area contributed by atoms with E-state index in [9.17, 15) is 19.7 Å². The predicted molar refractivity (Wildman–Crippen MR) is 138 cm³/mol. The number of carbonyl (C=O) groups excluding carboxylic acids is 2. The molecule has 3 aromatic carbocycles. The van der Waals surface area contributed by atoms with Crippen molar-refractivity contribution in [1.29, 1.82) is 0 Å². The smallest absolute Gasteiger partial charge is 0.343 e. The van der Waals surface area contributed by atoms with Crippen LogP contribution in [0.1, 0.15) is 47.9 Å². The second-order valence-corrected chi connectivity index (χ2v) is 10.9. The van der Waals surface area contributed by atoms with Crippen molar-refractivity contribution in [2.45, 2.75) is 36.8 Å². The minimum Gasteiger partial charge on any atom is -0.423 e. The van der Waals surface area contributed by atoms with Crippen molar-refractivity contribution in [2.24, 2.45) is 5.41 Å². The number of fused-ring (bicyclic) bond motifs is 1. The Morgan fingerprint density at radius 1 is 1.06 bits per heavy atom. The number of para-hydroxylation sites is 1. The molecule has 5 rings (SSSR count). The van der Waals surface area contributed by atoms with Gasteiger partial charge in [0.15, 0.2) is 5.78 Å². The molecule has 0 saturated carbocycles. The Morgan fingerprint density at radius 3 is 2.56 bits per heavy atom. The highest BCUT2D eigenvalue weighted by molar-refractivity contribution is 8.00. The summed E-state index contributed by atoms with van der Waals surface area (Å²) in [7, 11) is 0. The average molecular weight is 501 g/mol. The molecule has 0 bridgehead atoms. The SMILES string of the molecule is CC1(C)CC(=O)C2=C(C1)Nc1ccccc1S[C@@H]2c1cccc(OC(=O)c2ccc([N+](=O)[O-])cc2)c1. The van der Waals surface area contributed by atoms with Crippen molar-refractivity contribution < 1.29 is 19.2 Å². The highest BCUT2D eigenvalue weighted by atomic mass is 32.2. The molecule has 7 nitrogen and oxygen atoms in total. The van der Waals surface area contributed by atoms with E-state index in [4.69, 9.17) is 4.74 Å². The predicted octanol–water partition coefficient (Wildman–Crippen LogP) is 6.72. The molecule has 0 radical (unpaired) electrons. The lowest BCUT2D eigenvalue weighted by molar-refractivity contribution is -0.384. The van der Waals surface area contributed by atoms with E-state index >= 15 is 0 Å². The number of hydrogen-bond donors (Lipinski definition) is 1. The maximum absolute atomic E-state index is 13.4. The number of non-ortho nitro benzene ring substituents is 1. The summed E-state index contributed by atoms with van der Waals surface area (Å²) in [5.74, 6) is -0.155. The van der Waals surface area contributed by atoms with Gasteiger partial charge >= 0.3 is 5.97 Å². The van der Waals surface area contributed by atoms with Crippen LogP contribution >= 0.6 is 11.8 Å². The van der Waals surface area contributed by atoms with Crippen LogP contribution in [0.25, 0.3) is 0 Å². The first kappa shape index (κ1) is 23.8. The maximum atomic E-state index is 13.4. The largest absolute Gasteiger partial charge is 0.423 e. The van der Waals surface area contributed by atoms with Crippen LogP contribution < -0.4 is 10.1 Å². The fourth-order valence-corrected chi connectivity index (χ4v) is 5.96. The van der Waals surface area contributed by atoms with Gasteiger partial charge in [0.2, 0.25) is 0 Å². The van der Waals surface area contributed by atoms with E-state index in [1.807, 2.05) is 30.3 Å². The van der Waals surface area contributed by atoms with E-state index in [-0.39, 0.29) is 27.7 Å². The minimum absolute atomic E-state index is 0.0998. The number of anilines is 1. The molecule has 0 amide bonds. The maximum Gasteiger partial charge on any atom is 0.343 e. The standard InChI is InChI=1S/C28H24N2O5S/c1-28(2)15-22-25(23(31)16-28)26(36-24-9-4-3-8-21(24)29-22)18-6-5-7-20(14-18)35-27(32)17-10-12-19(13-11-17)30(33)34/h3-14,26,29H,15-16H2,1-2H3/t26-/m1/s1. The van der Waals surface area contributed by atoms with Gasteiger partial charge in [-0.3, -0.25) is 14.9 Å². The highest BCUT2D eigenvalue weighted by Gasteiger charge is 2.39. The number of ketones is 1. The van der Waals surface area contributed by atoms with Crippen LogP contribution in [0, 0.1) is 15.5 Å². The number of rotatable bonds is 4. The second-order valence-electron chi connectivity index (χ2n) is 9.72. The molecule has 8 heteroatoms. The topological polar surface area (TPSA) is 98.5 Å². The van der Waals surface area contributed by atoms with Crippen LogP contribution in [0.5, 0.6) is 5.75 Å². The molecule has 0 fully saturated rings. The van der Waals surface area contributed by atoms with Crippen molar-refractivity contribution in [3.05, 3.63) is 105 Å². The number of ether oxygens (including phenoxy) is 1. The fourth-order valence-electron chi connectivity index (χ4n) is 4.63. The zero-order chi connectivity index (χ0) is 25.4. The number of carbonyl (C=O) groups is 2. The summed E-state index contributed by atoms with van der Waals surface area (Å²) in [5.41, 5.74) is 3.50. The zero-order valence-corrected chi connectivity index (χ0v) is 20.6. The summed E-state index contributed by atoms with van der Waals surface area (Å²) in [6.07, 6.45) is 1.23. The first-order chi connectivity index (χ1) is 17.2. The van der Waals surface area contributed by atoms with Crippen molar-refractivity contribution in [1.82, 2.24) is 0 Å². The summed E-state index contributed by atoms with van der Waals surface area (Å²) in [4.78, 5) is 37.5. The van der Waals surface area contributed by atoms with E-state index in [1.54, 1.807) is 30.0 Å². The quantitative estimate of drug-likeness (QED) is 0.184. The number of Topliss-reactive ketones (excluding diaryl/α,β-unsaturated/α-hetero) is 1. The van der Waals surface area contributed by atoms with Crippen LogP contribution in [-0.2, 0) is 4.79 Å². The number of hydrogen-bond acceptors (Lipinski definition) is 7. The van der Waals surface area contributed by atoms with Crippen molar-refractivity contribution in [3.8, 4) is 5.75 Å². The van der Waals surface area contributed by atoms with E-state index in [0.29, 0.717) is 12.2 Å². The van der Waals surface area contributed by atoms with E-state index < -0.39 is 10.9 Å². The van der Waals surface area contributed by atoms with Gasteiger partial charge < -0.3 is 10.1 Å². The summed E-state index contributed by atoms with van der Waals surface area (Å²) < 4.78 is 5.59. The van der Waals surface area contributed by atoms with Gasteiger partial charge in [-0.2, -0.15) is 0 Å². The first-order valence-electron chi connectivity index (χ1n) is 11.6. The molecular weight excluding hydrogens is 476 g/mol. The monoisotopic (exact) mass is 500 g/mol. The molecule has 1 aliphatic carbocycles. The van der Waals surface area contributed by atoms with E-state index in [2.05, 4.69) is 19.2 Å². The number of nitro groups is 1. The Balaban J connectivity index is 1.48. The molecule has 1 heterocycles.